The first-order valence-corrected chi connectivity index (χ1v) is 9.26. The molecule has 0 aromatic heterocycles. The van der Waals surface area contributed by atoms with E-state index < -0.39 is 5.97 Å². The standard InChI is InChI=1S/C21H22ClNO4/c22-18-6-8-19(9-7-18)27-20(16-17-4-2-1-3-5-17)21(24)26-15-12-23-10-13-25-14-11-23/h1-9,16H,10-15H2/b20-16+. The lowest BCUT2D eigenvalue weighted by Crippen LogP contribution is -2.38. The smallest absolute Gasteiger partial charge is 0.374 e. The third kappa shape index (κ3) is 6.40. The summed E-state index contributed by atoms with van der Waals surface area (Å²) in [6.07, 6.45) is 1.67. The quantitative estimate of drug-likeness (QED) is 0.412. The summed E-state index contributed by atoms with van der Waals surface area (Å²) in [6.45, 7) is 4.11. The van der Waals surface area contributed by atoms with Crippen molar-refractivity contribution in [3.8, 4) is 5.75 Å². The van der Waals surface area contributed by atoms with Gasteiger partial charge in [-0.05, 0) is 35.9 Å². The van der Waals surface area contributed by atoms with Crippen LogP contribution in [0.5, 0.6) is 5.75 Å². The summed E-state index contributed by atoms with van der Waals surface area (Å²) in [6, 6.07) is 16.3. The van der Waals surface area contributed by atoms with Crippen molar-refractivity contribution in [2.24, 2.45) is 0 Å². The second kappa shape index (κ2) is 10.1. The molecule has 0 unspecified atom stereocenters. The first kappa shape index (κ1) is 19.4. The summed E-state index contributed by atoms with van der Waals surface area (Å²) >= 11 is 5.91. The van der Waals surface area contributed by atoms with Gasteiger partial charge in [0.15, 0.2) is 0 Å². The Morgan fingerprint density at radius 2 is 1.78 bits per heavy atom. The zero-order chi connectivity index (χ0) is 18.9. The topological polar surface area (TPSA) is 48.0 Å². The van der Waals surface area contributed by atoms with Gasteiger partial charge in [-0.1, -0.05) is 41.9 Å². The highest BCUT2D eigenvalue weighted by Crippen LogP contribution is 2.20. The van der Waals surface area contributed by atoms with E-state index in [4.69, 9.17) is 25.8 Å². The molecule has 27 heavy (non-hydrogen) atoms. The van der Waals surface area contributed by atoms with Crippen molar-refractivity contribution in [3.05, 3.63) is 70.9 Å². The van der Waals surface area contributed by atoms with Crippen molar-refractivity contribution in [1.29, 1.82) is 0 Å². The van der Waals surface area contributed by atoms with Crippen LogP contribution in [0.15, 0.2) is 60.4 Å². The van der Waals surface area contributed by atoms with Crippen LogP contribution in [0, 0.1) is 0 Å². The Labute approximate surface area is 164 Å². The Kier molecular flexibility index (Phi) is 7.27. The Balaban J connectivity index is 1.65. The fourth-order valence-electron chi connectivity index (χ4n) is 2.62. The molecule has 6 heteroatoms. The molecule has 142 valence electrons. The third-order valence-corrected chi connectivity index (χ3v) is 4.34. The number of carbonyl (C=O) groups is 1. The second-order valence-corrected chi connectivity index (χ2v) is 6.50. The number of carbonyl (C=O) groups excluding carboxylic acids is 1. The lowest BCUT2D eigenvalue weighted by Gasteiger charge is -2.26. The molecular weight excluding hydrogens is 366 g/mol. The van der Waals surface area contributed by atoms with Gasteiger partial charge in [-0.25, -0.2) is 4.79 Å². The van der Waals surface area contributed by atoms with Gasteiger partial charge < -0.3 is 14.2 Å². The number of esters is 1. The van der Waals surface area contributed by atoms with Gasteiger partial charge in [0.2, 0.25) is 5.76 Å². The molecule has 0 saturated carbocycles. The largest absolute Gasteiger partial charge is 0.458 e. The molecule has 1 heterocycles. The van der Waals surface area contributed by atoms with Crippen molar-refractivity contribution in [2.75, 3.05) is 39.5 Å². The van der Waals surface area contributed by atoms with Gasteiger partial charge in [-0.15, -0.1) is 0 Å². The molecule has 3 rings (SSSR count). The average Bonchev–Trinajstić information content (AvgIpc) is 2.70. The highest BCUT2D eigenvalue weighted by atomic mass is 35.5. The van der Waals surface area contributed by atoms with Gasteiger partial charge in [-0.2, -0.15) is 0 Å². The molecule has 2 aromatic rings. The Morgan fingerprint density at radius 1 is 1.07 bits per heavy atom. The fourth-order valence-corrected chi connectivity index (χ4v) is 2.75. The normalized spacial score (nSPS) is 15.4. The maximum Gasteiger partial charge on any atom is 0.374 e. The molecule has 0 spiro atoms. The number of hydrogen-bond donors (Lipinski definition) is 0. The molecule has 1 saturated heterocycles. The Hall–Kier alpha value is -2.34. The second-order valence-electron chi connectivity index (χ2n) is 6.07. The van der Waals surface area contributed by atoms with E-state index in [0.29, 0.717) is 37.1 Å². The number of hydrogen-bond acceptors (Lipinski definition) is 5. The van der Waals surface area contributed by atoms with E-state index in [1.807, 2.05) is 30.3 Å². The zero-order valence-corrected chi connectivity index (χ0v) is 15.7. The fraction of sp³-hybridized carbons (Fsp3) is 0.286. The van der Waals surface area contributed by atoms with Gasteiger partial charge in [0.05, 0.1) is 13.2 Å². The number of rotatable bonds is 7. The molecule has 2 aromatic carbocycles. The molecule has 0 radical (unpaired) electrons. The highest BCUT2D eigenvalue weighted by Gasteiger charge is 2.16. The van der Waals surface area contributed by atoms with Crippen LogP contribution >= 0.6 is 11.6 Å². The third-order valence-electron chi connectivity index (χ3n) is 4.08. The van der Waals surface area contributed by atoms with Crippen LogP contribution in [-0.2, 0) is 14.3 Å². The number of benzene rings is 2. The number of halogens is 1. The van der Waals surface area contributed by atoms with Crippen LogP contribution in [0.3, 0.4) is 0 Å². The van der Waals surface area contributed by atoms with E-state index in [2.05, 4.69) is 4.90 Å². The van der Waals surface area contributed by atoms with Crippen LogP contribution < -0.4 is 4.74 Å². The lowest BCUT2D eigenvalue weighted by atomic mass is 10.2. The number of ether oxygens (including phenoxy) is 3. The van der Waals surface area contributed by atoms with E-state index in [-0.39, 0.29) is 5.76 Å². The van der Waals surface area contributed by atoms with Crippen molar-refractivity contribution in [1.82, 2.24) is 4.90 Å². The maximum atomic E-state index is 12.6. The van der Waals surface area contributed by atoms with E-state index in [9.17, 15) is 4.79 Å². The predicted octanol–water partition coefficient (Wildman–Crippen LogP) is 3.64. The first-order valence-electron chi connectivity index (χ1n) is 8.88. The van der Waals surface area contributed by atoms with E-state index in [1.54, 1.807) is 30.3 Å². The Bertz CT molecular complexity index is 756. The summed E-state index contributed by atoms with van der Waals surface area (Å²) in [5.41, 5.74) is 0.853. The van der Waals surface area contributed by atoms with E-state index in [1.165, 1.54) is 0 Å². The van der Waals surface area contributed by atoms with Crippen molar-refractivity contribution < 1.29 is 19.0 Å². The molecule has 0 N–H and O–H groups in total. The van der Waals surface area contributed by atoms with Gasteiger partial charge in [0, 0.05) is 24.7 Å². The van der Waals surface area contributed by atoms with Crippen LogP contribution in [-0.4, -0.2) is 50.3 Å². The number of nitrogens with zero attached hydrogens (tertiary/aromatic N) is 1. The van der Waals surface area contributed by atoms with Crippen LogP contribution in [0.1, 0.15) is 5.56 Å². The van der Waals surface area contributed by atoms with E-state index in [0.717, 1.165) is 18.7 Å². The number of morpholine rings is 1. The predicted molar refractivity (Wildman–Crippen MR) is 105 cm³/mol. The summed E-state index contributed by atoms with van der Waals surface area (Å²) < 4.78 is 16.5. The molecule has 0 atom stereocenters. The Morgan fingerprint density at radius 3 is 2.48 bits per heavy atom. The summed E-state index contributed by atoms with van der Waals surface area (Å²) in [7, 11) is 0. The average molecular weight is 388 g/mol. The highest BCUT2D eigenvalue weighted by molar-refractivity contribution is 6.30. The minimum absolute atomic E-state index is 0.130. The first-order chi connectivity index (χ1) is 13.2. The van der Waals surface area contributed by atoms with Crippen molar-refractivity contribution in [3.63, 3.8) is 0 Å². The van der Waals surface area contributed by atoms with Crippen molar-refractivity contribution >= 4 is 23.6 Å². The van der Waals surface area contributed by atoms with Crippen molar-refractivity contribution in [2.45, 2.75) is 0 Å². The van der Waals surface area contributed by atoms with E-state index >= 15 is 0 Å². The molecule has 0 bridgehead atoms. The van der Waals surface area contributed by atoms with Gasteiger partial charge in [0.25, 0.3) is 0 Å². The van der Waals surface area contributed by atoms with Gasteiger partial charge in [-0.3, -0.25) is 4.90 Å². The summed E-state index contributed by atoms with van der Waals surface area (Å²) in [5, 5.41) is 0.601. The van der Waals surface area contributed by atoms with Crippen LogP contribution in [0.2, 0.25) is 5.02 Å². The van der Waals surface area contributed by atoms with Crippen LogP contribution in [0.4, 0.5) is 0 Å². The zero-order valence-electron chi connectivity index (χ0n) is 15.0. The molecule has 0 aliphatic carbocycles. The maximum absolute atomic E-state index is 12.6. The molecular formula is C21H22ClNO4. The summed E-state index contributed by atoms with van der Waals surface area (Å²) in [5.74, 6) is 0.152. The molecule has 1 fully saturated rings. The summed E-state index contributed by atoms with van der Waals surface area (Å²) in [4.78, 5) is 14.8. The molecule has 1 aliphatic heterocycles. The minimum atomic E-state index is -0.498. The lowest BCUT2D eigenvalue weighted by molar-refractivity contribution is -0.142. The monoisotopic (exact) mass is 387 g/mol. The minimum Gasteiger partial charge on any atom is -0.458 e. The van der Waals surface area contributed by atoms with Gasteiger partial charge in [0.1, 0.15) is 12.4 Å². The molecule has 1 aliphatic rings. The molecule has 0 amide bonds. The molecule has 5 nitrogen and oxygen atoms in total. The van der Waals surface area contributed by atoms with Crippen LogP contribution in [0.25, 0.3) is 6.08 Å². The SMILES string of the molecule is O=C(OCCN1CCOCC1)/C(=C\c1ccccc1)Oc1ccc(Cl)cc1. The van der Waals surface area contributed by atoms with Gasteiger partial charge >= 0.3 is 5.97 Å².